The molecular weight excluding hydrogens is 228 g/mol. The molecule has 0 bridgehead atoms. The Morgan fingerprint density at radius 1 is 1.17 bits per heavy atom. The zero-order valence-electron chi connectivity index (χ0n) is 10.6. The van der Waals surface area contributed by atoms with Crippen molar-refractivity contribution in [2.75, 3.05) is 0 Å². The van der Waals surface area contributed by atoms with E-state index >= 15 is 0 Å². The molecule has 0 unspecified atom stereocenters. The molecule has 1 aromatic carbocycles. The van der Waals surface area contributed by atoms with Gasteiger partial charge in [0.15, 0.2) is 5.82 Å². The van der Waals surface area contributed by atoms with Crippen molar-refractivity contribution >= 4 is 5.97 Å². The van der Waals surface area contributed by atoms with E-state index in [2.05, 4.69) is 9.97 Å². The van der Waals surface area contributed by atoms with Crippen LogP contribution in [-0.2, 0) is 0 Å². The molecule has 0 aliphatic carbocycles. The summed E-state index contributed by atoms with van der Waals surface area (Å²) in [5.74, 6) is -0.445. The summed E-state index contributed by atoms with van der Waals surface area (Å²) >= 11 is 0. The summed E-state index contributed by atoms with van der Waals surface area (Å²) in [5.41, 5.74) is 3.89. The zero-order valence-corrected chi connectivity index (χ0v) is 10.6. The number of carboxylic acid groups (broad SMARTS) is 1. The Morgan fingerprint density at radius 3 is 2.44 bits per heavy atom. The largest absolute Gasteiger partial charge is 0.478 e. The fourth-order valence-corrected chi connectivity index (χ4v) is 1.70. The molecule has 0 atom stereocenters. The predicted octanol–water partition coefficient (Wildman–Crippen LogP) is 2.77. The third-order valence-corrected chi connectivity index (χ3v) is 2.97. The Balaban J connectivity index is 2.48. The first kappa shape index (κ1) is 12.2. The number of hydrogen-bond acceptors (Lipinski definition) is 3. The van der Waals surface area contributed by atoms with Gasteiger partial charge in [-0.25, -0.2) is 14.8 Å². The summed E-state index contributed by atoms with van der Waals surface area (Å²) in [6, 6.07) is 5.95. The number of carbonyl (C=O) groups is 1. The third-order valence-electron chi connectivity index (χ3n) is 2.97. The summed E-state index contributed by atoms with van der Waals surface area (Å²) in [5, 5.41) is 8.93. The molecule has 0 spiro atoms. The SMILES string of the molecule is Cc1ccc(-c2ncc(C(=O)O)c(C)n2)cc1C. The van der Waals surface area contributed by atoms with Crippen molar-refractivity contribution in [3.05, 3.63) is 46.8 Å². The van der Waals surface area contributed by atoms with E-state index in [4.69, 9.17) is 5.11 Å². The molecular formula is C14H14N2O2. The molecule has 18 heavy (non-hydrogen) atoms. The van der Waals surface area contributed by atoms with E-state index in [1.54, 1.807) is 6.92 Å². The number of rotatable bonds is 2. The van der Waals surface area contributed by atoms with Crippen LogP contribution in [0.1, 0.15) is 27.2 Å². The van der Waals surface area contributed by atoms with Crippen LogP contribution in [0.5, 0.6) is 0 Å². The highest BCUT2D eigenvalue weighted by atomic mass is 16.4. The molecule has 0 aliphatic rings. The molecule has 4 heteroatoms. The minimum absolute atomic E-state index is 0.141. The van der Waals surface area contributed by atoms with Gasteiger partial charge in [0.05, 0.1) is 11.3 Å². The Morgan fingerprint density at radius 2 is 1.89 bits per heavy atom. The quantitative estimate of drug-likeness (QED) is 0.879. The topological polar surface area (TPSA) is 63.1 Å². The Kier molecular flexibility index (Phi) is 3.10. The molecule has 2 rings (SSSR count). The molecule has 0 saturated heterocycles. The lowest BCUT2D eigenvalue weighted by atomic mass is 10.1. The smallest absolute Gasteiger partial charge is 0.339 e. The lowest BCUT2D eigenvalue weighted by molar-refractivity contribution is 0.0695. The van der Waals surface area contributed by atoms with Gasteiger partial charge in [0.2, 0.25) is 0 Å². The van der Waals surface area contributed by atoms with Gasteiger partial charge < -0.3 is 5.11 Å². The summed E-state index contributed by atoms with van der Waals surface area (Å²) in [7, 11) is 0. The number of aromatic nitrogens is 2. The highest BCUT2D eigenvalue weighted by Gasteiger charge is 2.11. The zero-order chi connectivity index (χ0) is 13.3. The van der Waals surface area contributed by atoms with Crippen LogP contribution in [-0.4, -0.2) is 21.0 Å². The molecule has 2 aromatic rings. The van der Waals surface area contributed by atoms with Gasteiger partial charge in [-0.2, -0.15) is 0 Å². The second-order valence-corrected chi connectivity index (χ2v) is 4.30. The summed E-state index contributed by atoms with van der Waals surface area (Å²) < 4.78 is 0. The maximum absolute atomic E-state index is 10.9. The van der Waals surface area contributed by atoms with Gasteiger partial charge in [-0.1, -0.05) is 12.1 Å². The van der Waals surface area contributed by atoms with Crippen molar-refractivity contribution in [1.29, 1.82) is 0 Å². The van der Waals surface area contributed by atoms with Gasteiger partial charge in [0, 0.05) is 11.8 Å². The van der Waals surface area contributed by atoms with Gasteiger partial charge in [0.1, 0.15) is 0 Å². The van der Waals surface area contributed by atoms with Crippen molar-refractivity contribution in [3.8, 4) is 11.4 Å². The monoisotopic (exact) mass is 242 g/mol. The van der Waals surface area contributed by atoms with E-state index in [1.165, 1.54) is 11.8 Å². The Hall–Kier alpha value is -2.23. The fourth-order valence-electron chi connectivity index (χ4n) is 1.70. The van der Waals surface area contributed by atoms with Crippen LogP contribution in [0.2, 0.25) is 0 Å². The van der Waals surface area contributed by atoms with Crippen molar-refractivity contribution in [3.63, 3.8) is 0 Å². The first-order valence-electron chi connectivity index (χ1n) is 5.63. The predicted molar refractivity (Wildman–Crippen MR) is 68.6 cm³/mol. The highest BCUT2D eigenvalue weighted by molar-refractivity contribution is 5.88. The number of carboxylic acids is 1. The van der Waals surface area contributed by atoms with Crippen molar-refractivity contribution in [2.24, 2.45) is 0 Å². The number of benzene rings is 1. The van der Waals surface area contributed by atoms with Crippen LogP contribution in [0.15, 0.2) is 24.4 Å². The van der Waals surface area contributed by atoms with Crippen LogP contribution >= 0.6 is 0 Å². The van der Waals surface area contributed by atoms with Gasteiger partial charge in [-0.3, -0.25) is 0 Å². The van der Waals surface area contributed by atoms with E-state index in [0.717, 1.165) is 11.1 Å². The van der Waals surface area contributed by atoms with E-state index in [-0.39, 0.29) is 5.56 Å². The van der Waals surface area contributed by atoms with Crippen LogP contribution in [0.3, 0.4) is 0 Å². The van der Waals surface area contributed by atoms with Crippen LogP contribution in [0, 0.1) is 20.8 Å². The van der Waals surface area contributed by atoms with E-state index in [0.29, 0.717) is 11.5 Å². The molecule has 1 N–H and O–H groups in total. The lowest BCUT2D eigenvalue weighted by Crippen LogP contribution is -2.04. The number of aromatic carboxylic acids is 1. The summed E-state index contributed by atoms with van der Waals surface area (Å²) in [4.78, 5) is 19.2. The molecule has 4 nitrogen and oxygen atoms in total. The average Bonchev–Trinajstić information content (AvgIpc) is 2.32. The van der Waals surface area contributed by atoms with Crippen LogP contribution in [0.25, 0.3) is 11.4 Å². The molecule has 1 aromatic heterocycles. The molecule has 0 amide bonds. The molecule has 0 fully saturated rings. The number of aryl methyl sites for hydroxylation is 3. The van der Waals surface area contributed by atoms with Crippen molar-refractivity contribution in [1.82, 2.24) is 9.97 Å². The van der Waals surface area contributed by atoms with E-state index in [9.17, 15) is 4.79 Å². The highest BCUT2D eigenvalue weighted by Crippen LogP contribution is 2.19. The normalized spacial score (nSPS) is 10.4. The van der Waals surface area contributed by atoms with Crippen molar-refractivity contribution < 1.29 is 9.90 Å². The van der Waals surface area contributed by atoms with Crippen LogP contribution < -0.4 is 0 Å². The molecule has 0 aliphatic heterocycles. The standard InChI is InChI=1S/C14H14N2O2/c1-8-4-5-11(6-9(8)2)13-15-7-12(14(17)18)10(3)16-13/h4-7H,1-3H3,(H,17,18). The molecule has 92 valence electrons. The van der Waals surface area contributed by atoms with Gasteiger partial charge in [-0.05, 0) is 38.0 Å². The Labute approximate surface area is 105 Å². The second kappa shape index (κ2) is 4.56. The number of hydrogen-bond donors (Lipinski definition) is 1. The van der Waals surface area contributed by atoms with Crippen molar-refractivity contribution in [2.45, 2.75) is 20.8 Å². The maximum atomic E-state index is 10.9. The third kappa shape index (κ3) is 2.22. The van der Waals surface area contributed by atoms with Gasteiger partial charge in [-0.15, -0.1) is 0 Å². The minimum atomic E-state index is -1.00. The molecule has 0 radical (unpaired) electrons. The second-order valence-electron chi connectivity index (χ2n) is 4.30. The molecule has 0 saturated carbocycles. The van der Waals surface area contributed by atoms with Gasteiger partial charge in [0.25, 0.3) is 0 Å². The van der Waals surface area contributed by atoms with E-state index < -0.39 is 5.97 Å². The van der Waals surface area contributed by atoms with Gasteiger partial charge >= 0.3 is 5.97 Å². The fraction of sp³-hybridized carbons (Fsp3) is 0.214. The van der Waals surface area contributed by atoms with E-state index in [1.807, 2.05) is 32.0 Å². The first-order chi connectivity index (χ1) is 8.49. The molecule has 1 heterocycles. The minimum Gasteiger partial charge on any atom is -0.478 e. The Bertz CT molecular complexity index is 621. The summed E-state index contributed by atoms with van der Waals surface area (Å²) in [6.45, 7) is 5.74. The summed E-state index contributed by atoms with van der Waals surface area (Å²) in [6.07, 6.45) is 1.36. The lowest BCUT2D eigenvalue weighted by Gasteiger charge is -2.06. The average molecular weight is 242 g/mol. The number of nitrogens with zero attached hydrogens (tertiary/aromatic N) is 2. The first-order valence-corrected chi connectivity index (χ1v) is 5.63. The maximum Gasteiger partial charge on any atom is 0.339 e. The van der Waals surface area contributed by atoms with Crippen LogP contribution in [0.4, 0.5) is 0 Å².